The molecule has 0 radical (unpaired) electrons. The van der Waals surface area contributed by atoms with Gasteiger partial charge in [-0.3, -0.25) is 0 Å². The average molecular weight is 300 g/mol. The molecule has 0 saturated heterocycles. The molecule has 1 heteroatoms. The van der Waals surface area contributed by atoms with E-state index in [9.17, 15) is 4.39 Å². The smallest absolute Gasteiger partial charge is 0.123 e. The van der Waals surface area contributed by atoms with Gasteiger partial charge in [0, 0.05) is 0 Å². The van der Waals surface area contributed by atoms with Crippen LogP contribution in [0.25, 0.3) is 0 Å². The lowest BCUT2D eigenvalue weighted by molar-refractivity contribution is 0.585. The third-order valence-corrected chi connectivity index (χ3v) is 3.41. The molecule has 0 heterocycles. The molecule has 0 N–H and O–H groups in total. The molecular formula is C21H29F. The van der Waals surface area contributed by atoms with Gasteiger partial charge in [-0.2, -0.15) is 0 Å². The highest BCUT2D eigenvalue weighted by Gasteiger charge is 1.96. The second-order valence-electron chi connectivity index (χ2n) is 6.64. The molecule has 2 rings (SSSR count). The number of hydrogen-bond donors (Lipinski definition) is 0. The first-order valence-electron chi connectivity index (χ1n) is 8.25. The summed E-state index contributed by atoms with van der Waals surface area (Å²) in [6.07, 6.45) is 3.42. The molecule has 0 saturated carbocycles. The summed E-state index contributed by atoms with van der Waals surface area (Å²) in [6, 6.07) is 17.4. The molecule has 0 amide bonds. The highest BCUT2D eigenvalue weighted by atomic mass is 19.1. The van der Waals surface area contributed by atoms with E-state index >= 15 is 0 Å². The number of benzene rings is 2. The first kappa shape index (κ1) is 18.4. The van der Waals surface area contributed by atoms with E-state index in [0.29, 0.717) is 0 Å². The van der Waals surface area contributed by atoms with Crippen molar-refractivity contribution in [3.05, 3.63) is 71.5 Å². The fourth-order valence-electron chi connectivity index (χ4n) is 2.19. The summed E-state index contributed by atoms with van der Waals surface area (Å²) in [4.78, 5) is 0. The maximum atomic E-state index is 12.5. The standard InChI is InChI=1S/C11H15F.C10H14/c1-9(2)3-4-10-5-7-11(12)8-6-10;1-9(2)8-10-6-4-3-5-7-10/h5-9H,3-4H2,1-2H3;3-7,9H,8H2,1-2H3. The molecule has 22 heavy (non-hydrogen) atoms. The van der Waals surface area contributed by atoms with E-state index in [2.05, 4.69) is 58.0 Å². The van der Waals surface area contributed by atoms with Crippen LogP contribution in [0.1, 0.15) is 45.2 Å². The van der Waals surface area contributed by atoms with Crippen LogP contribution in [0.5, 0.6) is 0 Å². The Morgan fingerprint density at radius 1 is 0.727 bits per heavy atom. The minimum absolute atomic E-state index is 0.150. The van der Waals surface area contributed by atoms with Crippen molar-refractivity contribution in [2.24, 2.45) is 11.8 Å². The summed E-state index contributed by atoms with van der Waals surface area (Å²) >= 11 is 0. The van der Waals surface area contributed by atoms with Crippen molar-refractivity contribution in [3.8, 4) is 0 Å². The van der Waals surface area contributed by atoms with Crippen molar-refractivity contribution < 1.29 is 4.39 Å². The molecule has 0 aliphatic heterocycles. The maximum absolute atomic E-state index is 12.5. The Morgan fingerprint density at radius 2 is 1.32 bits per heavy atom. The molecule has 0 bridgehead atoms. The summed E-state index contributed by atoms with van der Waals surface area (Å²) in [7, 11) is 0. The van der Waals surface area contributed by atoms with Crippen LogP contribution in [-0.2, 0) is 12.8 Å². The SMILES string of the molecule is CC(C)CCc1ccc(F)cc1.CC(C)Cc1ccccc1. The van der Waals surface area contributed by atoms with E-state index in [1.165, 1.54) is 36.1 Å². The predicted molar refractivity (Wildman–Crippen MR) is 94.5 cm³/mol. The Hall–Kier alpha value is -1.63. The van der Waals surface area contributed by atoms with E-state index < -0.39 is 0 Å². The van der Waals surface area contributed by atoms with Crippen LogP contribution in [0.3, 0.4) is 0 Å². The van der Waals surface area contributed by atoms with Gasteiger partial charge in [0.2, 0.25) is 0 Å². The largest absolute Gasteiger partial charge is 0.207 e. The minimum atomic E-state index is -0.150. The molecule has 0 spiro atoms. The first-order valence-corrected chi connectivity index (χ1v) is 8.25. The van der Waals surface area contributed by atoms with Gasteiger partial charge in [0.15, 0.2) is 0 Å². The Balaban J connectivity index is 0.000000224. The third-order valence-electron chi connectivity index (χ3n) is 3.41. The van der Waals surface area contributed by atoms with E-state index in [0.717, 1.165) is 18.3 Å². The molecule has 0 aromatic heterocycles. The Kier molecular flexibility index (Phi) is 8.50. The fraction of sp³-hybridized carbons (Fsp3) is 0.429. The molecule has 0 nitrogen and oxygen atoms in total. The van der Waals surface area contributed by atoms with Crippen molar-refractivity contribution in [1.82, 2.24) is 0 Å². The number of rotatable bonds is 5. The zero-order valence-electron chi connectivity index (χ0n) is 14.4. The molecular weight excluding hydrogens is 271 g/mol. The summed E-state index contributed by atoms with van der Waals surface area (Å²) in [5.41, 5.74) is 2.67. The van der Waals surface area contributed by atoms with E-state index in [1.54, 1.807) is 0 Å². The quantitative estimate of drug-likeness (QED) is 0.608. The Bertz CT molecular complexity index is 497. The van der Waals surface area contributed by atoms with Crippen LogP contribution in [-0.4, -0.2) is 0 Å². The molecule has 0 aliphatic carbocycles. The Labute approximate surface area is 135 Å². The van der Waals surface area contributed by atoms with Crippen molar-refractivity contribution in [2.45, 2.75) is 47.0 Å². The van der Waals surface area contributed by atoms with E-state index in [4.69, 9.17) is 0 Å². The zero-order valence-corrected chi connectivity index (χ0v) is 14.4. The average Bonchev–Trinajstić information content (AvgIpc) is 2.48. The first-order chi connectivity index (χ1) is 10.5. The van der Waals surface area contributed by atoms with Crippen molar-refractivity contribution in [2.75, 3.05) is 0 Å². The van der Waals surface area contributed by atoms with Gasteiger partial charge >= 0.3 is 0 Å². The van der Waals surface area contributed by atoms with E-state index in [1.807, 2.05) is 12.1 Å². The number of halogens is 1. The van der Waals surface area contributed by atoms with Gasteiger partial charge < -0.3 is 0 Å². The number of aryl methyl sites for hydroxylation is 1. The molecule has 2 aromatic carbocycles. The van der Waals surface area contributed by atoms with Gasteiger partial charge in [-0.1, -0.05) is 70.2 Å². The Morgan fingerprint density at radius 3 is 1.82 bits per heavy atom. The highest BCUT2D eigenvalue weighted by molar-refractivity contribution is 5.16. The molecule has 0 aliphatic rings. The predicted octanol–water partition coefficient (Wildman–Crippen LogP) is 6.30. The topological polar surface area (TPSA) is 0 Å². The monoisotopic (exact) mass is 300 g/mol. The summed E-state index contributed by atoms with van der Waals surface area (Å²) < 4.78 is 12.5. The third kappa shape index (κ3) is 8.61. The number of hydrogen-bond acceptors (Lipinski definition) is 0. The van der Waals surface area contributed by atoms with Crippen molar-refractivity contribution >= 4 is 0 Å². The zero-order chi connectivity index (χ0) is 16.4. The highest BCUT2D eigenvalue weighted by Crippen LogP contribution is 2.09. The summed E-state index contributed by atoms with van der Waals surface area (Å²) in [6.45, 7) is 8.88. The fourth-order valence-corrected chi connectivity index (χ4v) is 2.19. The molecule has 0 atom stereocenters. The summed E-state index contributed by atoms with van der Waals surface area (Å²) in [5, 5.41) is 0. The lowest BCUT2D eigenvalue weighted by Crippen LogP contribution is -1.92. The van der Waals surface area contributed by atoms with Gasteiger partial charge in [-0.05, 0) is 54.4 Å². The van der Waals surface area contributed by atoms with Crippen LogP contribution >= 0.6 is 0 Å². The van der Waals surface area contributed by atoms with Gasteiger partial charge in [-0.25, -0.2) is 4.39 Å². The molecule has 0 unspecified atom stereocenters. The van der Waals surface area contributed by atoms with Gasteiger partial charge in [0.25, 0.3) is 0 Å². The van der Waals surface area contributed by atoms with Gasteiger partial charge in [-0.15, -0.1) is 0 Å². The van der Waals surface area contributed by atoms with Gasteiger partial charge in [0.1, 0.15) is 5.82 Å². The van der Waals surface area contributed by atoms with Gasteiger partial charge in [0.05, 0.1) is 0 Å². The lowest BCUT2D eigenvalue weighted by Gasteiger charge is -2.03. The van der Waals surface area contributed by atoms with Crippen LogP contribution in [0.4, 0.5) is 4.39 Å². The minimum Gasteiger partial charge on any atom is -0.207 e. The maximum Gasteiger partial charge on any atom is 0.123 e. The lowest BCUT2D eigenvalue weighted by atomic mass is 10.0. The summed E-state index contributed by atoms with van der Waals surface area (Å²) in [5.74, 6) is 1.33. The van der Waals surface area contributed by atoms with Crippen molar-refractivity contribution in [3.63, 3.8) is 0 Å². The van der Waals surface area contributed by atoms with Crippen LogP contribution in [0.15, 0.2) is 54.6 Å². The van der Waals surface area contributed by atoms with Crippen LogP contribution < -0.4 is 0 Å². The molecule has 2 aromatic rings. The normalized spacial score (nSPS) is 10.5. The molecule has 0 fully saturated rings. The van der Waals surface area contributed by atoms with E-state index in [-0.39, 0.29) is 5.82 Å². The van der Waals surface area contributed by atoms with Crippen LogP contribution in [0, 0.1) is 17.7 Å². The second kappa shape index (κ2) is 10.2. The molecule has 120 valence electrons. The second-order valence-corrected chi connectivity index (χ2v) is 6.64. The van der Waals surface area contributed by atoms with Crippen molar-refractivity contribution in [1.29, 1.82) is 0 Å². The van der Waals surface area contributed by atoms with Crippen LogP contribution in [0.2, 0.25) is 0 Å².